The van der Waals surface area contributed by atoms with Gasteiger partial charge in [0.2, 0.25) is 0 Å². The maximum Gasteiger partial charge on any atom is 0.322 e. The van der Waals surface area contributed by atoms with E-state index in [1.165, 1.54) is 24.8 Å². The molecule has 2 rings (SSSR count). The molecule has 1 aromatic heterocycles. The molecule has 0 radical (unpaired) electrons. The van der Waals surface area contributed by atoms with Gasteiger partial charge in [0, 0.05) is 10.9 Å². The van der Waals surface area contributed by atoms with Gasteiger partial charge in [-0.2, -0.15) is 0 Å². The minimum atomic E-state index is -0.238. The number of esters is 1. The van der Waals surface area contributed by atoms with Gasteiger partial charge in [-0.25, -0.2) is 0 Å². The van der Waals surface area contributed by atoms with Gasteiger partial charge >= 0.3 is 5.97 Å². The van der Waals surface area contributed by atoms with Gasteiger partial charge in [0.25, 0.3) is 0 Å². The Kier molecular flexibility index (Phi) is 3.61. The van der Waals surface area contributed by atoms with Crippen LogP contribution >= 0.6 is 11.3 Å². The van der Waals surface area contributed by atoms with Crippen LogP contribution in [0.15, 0.2) is 17.5 Å². The van der Waals surface area contributed by atoms with Gasteiger partial charge < -0.3 is 4.74 Å². The standard InChI is InChI=1S/C12H17NO2S/c1-8(12(14)15-2)13-11(9-5-6-9)10-4-3-7-16-10/h3-4,7-9,11,13H,5-6H2,1-2H3. The van der Waals surface area contributed by atoms with E-state index in [1.54, 1.807) is 11.3 Å². The maximum atomic E-state index is 11.4. The Bertz CT molecular complexity index is 346. The summed E-state index contributed by atoms with van der Waals surface area (Å²) < 4.78 is 4.73. The van der Waals surface area contributed by atoms with Crippen molar-refractivity contribution in [1.82, 2.24) is 5.32 Å². The molecule has 3 nitrogen and oxygen atoms in total. The van der Waals surface area contributed by atoms with E-state index < -0.39 is 0 Å². The van der Waals surface area contributed by atoms with Crippen molar-refractivity contribution in [2.45, 2.75) is 31.8 Å². The lowest BCUT2D eigenvalue weighted by Crippen LogP contribution is -2.38. The SMILES string of the molecule is COC(=O)C(C)NC(c1cccs1)C1CC1. The summed E-state index contributed by atoms with van der Waals surface area (Å²) in [7, 11) is 1.43. The first kappa shape index (κ1) is 11.6. The van der Waals surface area contributed by atoms with Crippen LogP contribution in [0.4, 0.5) is 0 Å². The Morgan fingerprint density at radius 3 is 2.88 bits per heavy atom. The second-order valence-corrected chi connectivity index (χ2v) is 5.22. The summed E-state index contributed by atoms with van der Waals surface area (Å²) in [5.41, 5.74) is 0. The topological polar surface area (TPSA) is 38.3 Å². The molecule has 4 heteroatoms. The van der Waals surface area contributed by atoms with Crippen LogP contribution in [0.2, 0.25) is 0 Å². The maximum absolute atomic E-state index is 11.4. The quantitative estimate of drug-likeness (QED) is 0.802. The predicted octanol–water partition coefficient (Wildman–Crippen LogP) is 2.35. The lowest BCUT2D eigenvalue weighted by atomic mass is 10.1. The molecule has 1 N–H and O–H groups in total. The molecule has 16 heavy (non-hydrogen) atoms. The van der Waals surface area contributed by atoms with Crippen LogP contribution < -0.4 is 5.32 Å². The molecule has 2 unspecified atom stereocenters. The number of nitrogens with one attached hydrogen (secondary N) is 1. The summed E-state index contributed by atoms with van der Waals surface area (Å²) in [6.07, 6.45) is 2.51. The summed E-state index contributed by atoms with van der Waals surface area (Å²) in [6.45, 7) is 1.86. The highest BCUT2D eigenvalue weighted by Gasteiger charge is 2.34. The zero-order chi connectivity index (χ0) is 11.5. The van der Waals surface area contributed by atoms with Crippen LogP contribution in [-0.2, 0) is 9.53 Å². The fourth-order valence-corrected chi connectivity index (χ4v) is 2.74. The summed E-state index contributed by atoms with van der Waals surface area (Å²) in [6, 6.07) is 4.26. The Morgan fingerprint density at radius 2 is 2.38 bits per heavy atom. The first-order valence-corrected chi connectivity index (χ1v) is 6.47. The zero-order valence-electron chi connectivity index (χ0n) is 9.60. The summed E-state index contributed by atoms with van der Waals surface area (Å²) in [4.78, 5) is 12.7. The number of hydrogen-bond acceptors (Lipinski definition) is 4. The van der Waals surface area contributed by atoms with Gasteiger partial charge in [0.1, 0.15) is 6.04 Å². The number of carbonyl (C=O) groups excluding carboxylic acids is 1. The minimum Gasteiger partial charge on any atom is -0.468 e. The fourth-order valence-electron chi connectivity index (χ4n) is 1.86. The average molecular weight is 239 g/mol. The molecule has 0 bridgehead atoms. The van der Waals surface area contributed by atoms with E-state index >= 15 is 0 Å². The van der Waals surface area contributed by atoms with Crippen molar-refractivity contribution in [3.05, 3.63) is 22.4 Å². The van der Waals surface area contributed by atoms with Crippen molar-refractivity contribution in [3.63, 3.8) is 0 Å². The summed E-state index contributed by atoms with van der Waals surface area (Å²) >= 11 is 1.75. The van der Waals surface area contributed by atoms with Crippen LogP contribution in [0.1, 0.15) is 30.7 Å². The van der Waals surface area contributed by atoms with Crippen LogP contribution in [0.5, 0.6) is 0 Å². The first-order chi connectivity index (χ1) is 7.72. The van der Waals surface area contributed by atoms with E-state index in [0.717, 1.165) is 0 Å². The molecule has 1 aliphatic rings. The molecular formula is C12H17NO2S. The summed E-state index contributed by atoms with van der Waals surface area (Å²) in [5.74, 6) is 0.493. The average Bonchev–Trinajstić information content (AvgIpc) is 2.99. The lowest BCUT2D eigenvalue weighted by Gasteiger charge is -2.20. The lowest BCUT2D eigenvalue weighted by molar-refractivity contribution is -0.142. The van der Waals surface area contributed by atoms with Crippen molar-refractivity contribution in [2.75, 3.05) is 7.11 Å². The van der Waals surface area contributed by atoms with Crippen molar-refractivity contribution in [3.8, 4) is 0 Å². The van der Waals surface area contributed by atoms with Gasteiger partial charge in [-0.3, -0.25) is 10.1 Å². The molecule has 0 aromatic carbocycles. The van der Waals surface area contributed by atoms with Crippen molar-refractivity contribution in [2.24, 2.45) is 5.92 Å². The Hall–Kier alpha value is -0.870. The second kappa shape index (κ2) is 4.97. The number of thiophene rings is 1. The van der Waals surface area contributed by atoms with E-state index in [4.69, 9.17) is 4.74 Å². The van der Waals surface area contributed by atoms with Gasteiger partial charge in [0.05, 0.1) is 7.11 Å². The monoisotopic (exact) mass is 239 g/mol. The fraction of sp³-hybridized carbons (Fsp3) is 0.583. The Balaban J connectivity index is 2.01. The molecular weight excluding hydrogens is 222 g/mol. The number of methoxy groups -OCH3 is 1. The molecule has 1 saturated carbocycles. The largest absolute Gasteiger partial charge is 0.468 e. The van der Waals surface area contributed by atoms with E-state index in [-0.39, 0.29) is 12.0 Å². The predicted molar refractivity (Wildman–Crippen MR) is 64.4 cm³/mol. The van der Waals surface area contributed by atoms with Gasteiger partial charge in [0.15, 0.2) is 0 Å². The van der Waals surface area contributed by atoms with Crippen LogP contribution in [0, 0.1) is 5.92 Å². The molecule has 1 aromatic rings. The third kappa shape index (κ3) is 2.62. The molecule has 2 atom stereocenters. The van der Waals surface area contributed by atoms with Crippen molar-refractivity contribution >= 4 is 17.3 Å². The summed E-state index contributed by atoms with van der Waals surface area (Å²) in [5, 5.41) is 5.45. The molecule has 0 spiro atoms. The van der Waals surface area contributed by atoms with Gasteiger partial charge in [-0.05, 0) is 37.1 Å². The van der Waals surface area contributed by atoms with E-state index in [2.05, 4.69) is 22.8 Å². The smallest absolute Gasteiger partial charge is 0.322 e. The van der Waals surface area contributed by atoms with Crippen LogP contribution in [-0.4, -0.2) is 19.1 Å². The molecule has 1 heterocycles. The zero-order valence-corrected chi connectivity index (χ0v) is 10.4. The Labute approximate surface area is 99.8 Å². The molecule has 1 fully saturated rings. The van der Waals surface area contributed by atoms with E-state index in [0.29, 0.717) is 12.0 Å². The normalized spacial score (nSPS) is 19.1. The minimum absolute atomic E-state index is 0.192. The molecule has 0 aliphatic heterocycles. The highest BCUT2D eigenvalue weighted by molar-refractivity contribution is 7.10. The van der Waals surface area contributed by atoms with Gasteiger partial charge in [-0.1, -0.05) is 6.07 Å². The van der Waals surface area contributed by atoms with Crippen molar-refractivity contribution in [1.29, 1.82) is 0 Å². The highest BCUT2D eigenvalue weighted by atomic mass is 32.1. The third-order valence-electron chi connectivity index (χ3n) is 2.93. The first-order valence-electron chi connectivity index (χ1n) is 5.59. The number of carbonyl (C=O) groups is 1. The van der Waals surface area contributed by atoms with E-state index in [1.807, 2.05) is 6.92 Å². The van der Waals surface area contributed by atoms with Crippen molar-refractivity contribution < 1.29 is 9.53 Å². The van der Waals surface area contributed by atoms with Crippen LogP contribution in [0.3, 0.4) is 0 Å². The molecule has 88 valence electrons. The third-order valence-corrected chi connectivity index (χ3v) is 3.88. The number of rotatable bonds is 5. The van der Waals surface area contributed by atoms with E-state index in [9.17, 15) is 4.79 Å². The molecule has 1 aliphatic carbocycles. The molecule has 0 saturated heterocycles. The highest BCUT2D eigenvalue weighted by Crippen LogP contribution is 2.42. The Morgan fingerprint density at radius 1 is 1.62 bits per heavy atom. The van der Waals surface area contributed by atoms with Crippen LogP contribution in [0.25, 0.3) is 0 Å². The molecule has 0 amide bonds. The van der Waals surface area contributed by atoms with Gasteiger partial charge in [-0.15, -0.1) is 11.3 Å². The second-order valence-electron chi connectivity index (χ2n) is 4.24. The number of hydrogen-bond donors (Lipinski definition) is 1. The number of ether oxygens (including phenoxy) is 1.